The number of aliphatic hydroxyl groups is 1. The number of nitrogens with zero attached hydrogens (tertiary/aromatic N) is 1. The maximum atomic E-state index is 13.4. The first-order chi connectivity index (χ1) is 20.0. The molecular weight excluding hydrogens is 572 g/mol. The number of rotatable bonds is 0. The molecule has 1 saturated carbocycles. The molecule has 6 rings (SSSR count). The largest absolute Gasteiger partial charge is 0.490 e. The Bertz CT molecular complexity index is 1460. The number of anilines is 1. The van der Waals surface area contributed by atoms with Crippen LogP contribution >= 0.6 is 11.6 Å². The minimum absolute atomic E-state index is 0.0844. The van der Waals surface area contributed by atoms with Gasteiger partial charge in [-0.2, -0.15) is 0 Å². The topological polar surface area (TPSA) is 95.9 Å². The van der Waals surface area contributed by atoms with Gasteiger partial charge in [0.25, 0.3) is 5.91 Å². The lowest BCUT2D eigenvalue weighted by Crippen LogP contribution is -2.49. The Labute approximate surface area is 255 Å². The van der Waals surface area contributed by atoms with E-state index in [-0.39, 0.29) is 23.2 Å². The monoisotopic (exact) mass is 614 g/mol. The van der Waals surface area contributed by atoms with Crippen molar-refractivity contribution >= 4 is 33.2 Å². The molecule has 2 aromatic carbocycles. The zero-order valence-electron chi connectivity index (χ0n) is 24.8. The highest BCUT2D eigenvalue weighted by Gasteiger charge is 2.44. The van der Waals surface area contributed by atoms with E-state index in [1.165, 1.54) is 11.1 Å². The van der Waals surface area contributed by atoms with E-state index in [9.17, 15) is 18.3 Å². The van der Waals surface area contributed by atoms with Gasteiger partial charge >= 0.3 is 0 Å². The number of benzene rings is 2. The minimum Gasteiger partial charge on any atom is -0.490 e. The van der Waals surface area contributed by atoms with Crippen molar-refractivity contribution in [2.45, 2.75) is 82.5 Å². The van der Waals surface area contributed by atoms with Crippen molar-refractivity contribution in [2.24, 2.45) is 23.7 Å². The van der Waals surface area contributed by atoms with Gasteiger partial charge in [-0.3, -0.25) is 4.79 Å². The molecule has 2 N–H and O–H groups in total. The molecule has 0 saturated heterocycles. The van der Waals surface area contributed by atoms with Crippen molar-refractivity contribution in [3.05, 3.63) is 58.1 Å². The summed E-state index contributed by atoms with van der Waals surface area (Å²) in [7, 11) is -3.91. The zero-order chi connectivity index (χ0) is 29.8. The van der Waals surface area contributed by atoms with E-state index in [2.05, 4.69) is 21.8 Å². The Balaban J connectivity index is 1.41. The Hall–Kier alpha value is -2.29. The van der Waals surface area contributed by atoms with E-state index in [0.717, 1.165) is 55.8 Å². The summed E-state index contributed by atoms with van der Waals surface area (Å²) >= 11 is 6.39. The van der Waals surface area contributed by atoms with Gasteiger partial charge in [-0.15, -0.1) is 0 Å². The lowest BCUT2D eigenvalue weighted by Gasteiger charge is -2.46. The van der Waals surface area contributed by atoms with Gasteiger partial charge in [-0.25, -0.2) is 13.1 Å². The molecule has 2 aliphatic heterocycles. The molecule has 9 heteroatoms. The molecule has 1 spiro atoms. The van der Waals surface area contributed by atoms with Crippen LogP contribution in [0.4, 0.5) is 5.69 Å². The van der Waals surface area contributed by atoms with E-state index in [0.29, 0.717) is 36.8 Å². The second-order valence-corrected chi connectivity index (χ2v) is 15.9. The highest BCUT2D eigenvalue weighted by molar-refractivity contribution is 7.90. The molecule has 7 atom stereocenters. The van der Waals surface area contributed by atoms with Gasteiger partial charge in [0.05, 0.1) is 23.6 Å². The van der Waals surface area contributed by atoms with Crippen molar-refractivity contribution in [2.75, 3.05) is 24.6 Å². The molecule has 2 heterocycles. The number of aryl methyl sites for hydroxylation is 1. The third-order valence-corrected chi connectivity index (χ3v) is 13.1. The summed E-state index contributed by atoms with van der Waals surface area (Å²) in [5.74, 6) is 0.516. The number of aliphatic hydroxyl groups excluding tert-OH is 1. The van der Waals surface area contributed by atoms with Crippen LogP contribution in [0.1, 0.15) is 80.8 Å². The van der Waals surface area contributed by atoms with Gasteiger partial charge in [0, 0.05) is 29.1 Å². The number of sulfonamides is 1. The fourth-order valence-electron chi connectivity index (χ4n) is 7.80. The Morgan fingerprint density at radius 2 is 1.88 bits per heavy atom. The molecule has 0 radical (unpaired) electrons. The highest BCUT2D eigenvalue weighted by atomic mass is 35.5. The van der Waals surface area contributed by atoms with Gasteiger partial charge in [0.1, 0.15) is 5.75 Å². The average Bonchev–Trinajstić information content (AvgIpc) is 3.09. The fraction of sp³-hybridized carbons (Fsp3) is 0.606. The Morgan fingerprint density at radius 3 is 2.64 bits per heavy atom. The standard InChI is InChI=1S/C33H43ClN2O5S/c1-20-6-12-30(37)27-10-7-25(27)17-36-18-33(14-4-5-23-15-26(34)9-11-28(23)33)19-41-31-13-8-24(16-29(31)36)32(38)35-42(39,40)22(3)21(20)2/h8-9,11,13,15-16,20-22,25,27,30,37H,4-7,10,12,14,17-19H2,1-3H3,(H,35,38)/t20-,21-,22+,25-,27+,30-,33-/m0/s1. The maximum Gasteiger partial charge on any atom is 0.264 e. The predicted molar refractivity (Wildman–Crippen MR) is 166 cm³/mol. The molecule has 228 valence electrons. The molecule has 1 fully saturated rings. The quantitative estimate of drug-likeness (QED) is 0.394. The van der Waals surface area contributed by atoms with Crippen molar-refractivity contribution < 1.29 is 23.1 Å². The number of ether oxygens (including phenoxy) is 1. The minimum atomic E-state index is -3.91. The summed E-state index contributed by atoms with van der Waals surface area (Å²) in [6.07, 6.45) is 6.00. The number of amides is 1. The summed E-state index contributed by atoms with van der Waals surface area (Å²) in [5, 5.41) is 11.3. The van der Waals surface area contributed by atoms with E-state index in [1.54, 1.807) is 25.1 Å². The van der Waals surface area contributed by atoms with Crippen molar-refractivity contribution in [1.82, 2.24) is 4.72 Å². The van der Waals surface area contributed by atoms with Crippen LogP contribution in [0.25, 0.3) is 0 Å². The second kappa shape index (κ2) is 11.3. The van der Waals surface area contributed by atoms with Crippen LogP contribution in [0.2, 0.25) is 5.02 Å². The number of halogens is 1. The summed E-state index contributed by atoms with van der Waals surface area (Å²) in [5.41, 5.74) is 3.38. The van der Waals surface area contributed by atoms with Crippen LogP contribution < -0.4 is 14.4 Å². The highest BCUT2D eigenvalue weighted by Crippen LogP contribution is 2.47. The fourth-order valence-corrected chi connectivity index (χ4v) is 9.39. The first kappa shape index (κ1) is 29.8. The van der Waals surface area contributed by atoms with Gasteiger partial charge in [-0.05, 0) is 117 Å². The number of carbonyl (C=O) groups is 1. The van der Waals surface area contributed by atoms with E-state index < -0.39 is 27.3 Å². The Morgan fingerprint density at radius 1 is 1.07 bits per heavy atom. The third kappa shape index (κ3) is 5.43. The first-order valence-corrected chi connectivity index (χ1v) is 17.4. The van der Waals surface area contributed by atoms with E-state index in [4.69, 9.17) is 16.3 Å². The molecule has 0 unspecified atom stereocenters. The number of nitrogens with one attached hydrogen (secondary N) is 1. The van der Waals surface area contributed by atoms with Gasteiger partial charge in [0.2, 0.25) is 10.0 Å². The van der Waals surface area contributed by atoms with Gasteiger partial charge < -0.3 is 14.7 Å². The molecular formula is C33H43ClN2O5S. The number of carbonyl (C=O) groups excluding carboxylic acids is 1. The van der Waals surface area contributed by atoms with Crippen LogP contribution in [-0.2, 0) is 21.9 Å². The molecule has 1 amide bonds. The molecule has 7 nitrogen and oxygen atoms in total. The molecule has 42 heavy (non-hydrogen) atoms. The van der Waals surface area contributed by atoms with Crippen molar-refractivity contribution in [3.8, 4) is 5.75 Å². The number of hydrogen-bond acceptors (Lipinski definition) is 6. The summed E-state index contributed by atoms with van der Waals surface area (Å²) in [4.78, 5) is 15.7. The molecule has 4 aliphatic rings. The summed E-state index contributed by atoms with van der Waals surface area (Å²) in [6, 6.07) is 11.4. The van der Waals surface area contributed by atoms with Crippen LogP contribution in [-0.4, -0.2) is 50.5 Å². The molecule has 2 aromatic rings. The predicted octanol–water partition coefficient (Wildman–Crippen LogP) is 5.71. The van der Waals surface area contributed by atoms with E-state index >= 15 is 0 Å². The molecule has 0 aromatic heterocycles. The van der Waals surface area contributed by atoms with Crippen LogP contribution in [0.3, 0.4) is 0 Å². The lowest BCUT2D eigenvalue weighted by molar-refractivity contribution is 0.00600. The normalized spacial score (nSPS) is 34.7. The average molecular weight is 615 g/mol. The SMILES string of the molecule is C[C@@H]1[C@@H](C)S(=O)(=O)NC(=O)c2ccc3c(c2)N(C[C@@H]2CC[C@H]2[C@@H](O)CC[C@@H]1C)C[C@@]1(CCCc2cc(Cl)ccc21)CO3. The van der Waals surface area contributed by atoms with Crippen LogP contribution in [0, 0.1) is 23.7 Å². The van der Waals surface area contributed by atoms with Crippen molar-refractivity contribution in [1.29, 1.82) is 0 Å². The summed E-state index contributed by atoms with van der Waals surface area (Å²) in [6.45, 7) is 7.60. The maximum absolute atomic E-state index is 13.4. The van der Waals surface area contributed by atoms with E-state index in [1.807, 2.05) is 19.9 Å². The number of hydrogen-bond donors (Lipinski definition) is 2. The summed E-state index contributed by atoms with van der Waals surface area (Å²) < 4.78 is 35.5. The molecule has 2 bridgehead atoms. The van der Waals surface area contributed by atoms with Crippen LogP contribution in [0.5, 0.6) is 5.75 Å². The second-order valence-electron chi connectivity index (χ2n) is 13.5. The van der Waals surface area contributed by atoms with Gasteiger partial charge in [0.15, 0.2) is 0 Å². The first-order valence-electron chi connectivity index (χ1n) is 15.5. The number of fused-ring (bicyclic) bond motifs is 4. The van der Waals surface area contributed by atoms with Crippen molar-refractivity contribution in [3.63, 3.8) is 0 Å². The smallest absolute Gasteiger partial charge is 0.264 e. The van der Waals surface area contributed by atoms with Gasteiger partial charge in [-0.1, -0.05) is 31.5 Å². The third-order valence-electron chi connectivity index (χ3n) is 11.0. The molecule has 2 aliphatic carbocycles. The van der Waals surface area contributed by atoms with Crippen LogP contribution in [0.15, 0.2) is 36.4 Å². The Kier molecular flexibility index (Phi) is 8.03. The lowest BCUT2D eigenvalue weighted by atomic mass is 9.68. The zero-order valence-corrected chi connectivity index (χ0v) is 26.4.